The molecule has 0 amide bonds. The average molecular weight is 443 g/mol. The Hall–Kier alpha value is -0.900. The summed E-state index contributed by atoms with van der Waals surface area (Å²) in [6.45, 7) is 15.1. The predicted molar refractivity (Wildman–Crippen MR) is 131 cm³/mol. The van der Waals surface area contributed by atoms with Crippen LogP contribution < -0.4 is 0 Å². The first-order valence-electron chi connectivity index (χ1n) is 13.0. The number of aliphatic hydroxyl groups excluding tert-OH is 1. The third-order valence-electron chi connectivity index (χ3n) is 10.3. The second kappa shape index (κ2) is 8.40. The van der Waals surface area contributed by atoms with Crippen LogP contribution in [0, 0.1) is 40.4 Å². The highest BCUT2D eigenvalue weighted by Crippen LogP contribution is 2.69. The Morgan fingerprint density at radius 1 is 1.22 bits per heavy atom. The minimum atomic E-state index is -0.674. The summed E-state index contributed by atoms with van der Waals surface area (Å²) in [6.07, 6.45) is 15.0. The van der Waals surface area contributed by atoms with E-state index in [1.807, 2.05) is 21.0 Å². The maximum Gasteiger partial charge on any atom is 0.0851 e. The van der Waals surface area contributed by atoms with E-state index in [4.69, 9.17) is 4.74 Å². The molecule has 4 aliphatic rings. The molecule has 0 radical (unpaired) electrons. The zero-order valence-electron chi connectivity index (χ0n) is 21.2. The molecular weight excluding hydrogens is 396 g/mol. The van der Waals surface area contributed by atoms with E-state index in [2.05, 4.69) is 45.6 Å². The van der Waals surface area contributed by atoms with Gasteiger partial charge in [0.05, 0.1) is 17.8 Å². The lowest BCUT2D eigenvalue weighted by molar-refractivity contribution is 0.0436. The highest BCUT2D eigenvalue weighted by Gasteiger charge is 2.66. The standard InChI is InChI=1S/C29H46O3/c1-18(10-11-19(2)27(4,5)31)23-12-13-24-21(9-8-14-28(23,24)6)15-26(32-7)29-17-22(29)16-25(30)20(29)3/h10-11,15,18-19,22-26,30-31H,3,8-9,12-14,16-17H2,1-2,4-7H3/b11-10+,21-15+/t18-,19+,22?,23?,24+,25?,26?,28?,29?/m1/s1. The zero-order chi connectivity index (χ0) is 23.5. The molecule has 3 nitrogen and oxygen atoms in total. The van der Waals surface area contributed by atoms with Gasteiger partial charge in [0.1, 0.15) is 0 Å². The maximum atomic E-state index is 10.3. The van der Waals surface area contributed by atoms with Crippen molar-refractivity contribution in [2.45, 2.75) is 97.4 Å². The number of rotatable bonds is 7. The number of fused-ring (bicyclic) bond motifs is 2. The van der Waals surface area contributed by atoms with Crippen molar-refractivity contribution < 1.29 is 14.9 Å². The molecule has 3 heteroatoms. The van der Waals surface area contributed by atoms with Crippen LogP contribution in [0.5, 0.6) is 0 Å². The average Bonchev–Trinajstić information content (AvgIpc) is 3.23. The first kappa shape index (κ1) is 24.2. The van der Waals surface area contributed by atoms with E-state index in [0.29, 0.717) is 29.1 Å². The molecule has 0 aromatic heterocycles. The highest BCUT2D eigenvalue weighted by atomic mass is 16.5. The summed E-state index contributed by atoms with van der Waals surface area (Å²) in [5, 5.41) is 20.6. The molecule has 0 aromatic carbocycles. The van der Waals surface area contributed by atoms with Crippen LogP contribution in [0.15, 0.2) is 36.0 Å². The van der Waals surface area contributed by atoms with Gasteiger partial charge < -0.3 is 14.9 Å². The van der Waals surface area contributed by atoms with E-state index in [1.165, 1.54) is 32.1 Å². The minimum absolute atomic E-state index is 0.0176. The summed E-state index contributed by atoms with van der Waals surface area (Å²) in [5.74, 6) is 2.52. The molecule has 2 N–H and O–H groups in total. The summed E-state index contributed by atoms with van der Waals surface area (Å²) < 4.78 is 6.07. The Bertz CT molecular complexity index is 789. The van der Waals surface area contributed by atoms with Crippen LogP contribution in [0.4, 0.5) is 0 Å². The van der Waals surface area contributed by atoms with E-state index in [9.17, 15) is 10.2 Å². The van der Waals surface area contributed by atoms with Crippen LogP contribution in [-0.4, -0.2) is 35.1 Å². The fourth-order valence-corrected chi connectivity index (χ4v) is 7.77. The SMILES string of the molecule is C=C1C(O)CC2CC12C(/C=C1\CCCC2(C)C([C@H](C)/C=C/[C@H](C)C(C)(C)O)CC[C@@H]12)OC. The van der Waals surface area contributed by atoms with Gasteiger partial charge in [-0.2, -0.15) is 0 Å². The molecule has 4 saturated carbocycles. The van der Waals surface area contributed by atoms with Gasteiger partial charge in [0, 0.05) is 18.4 Å². The van der Waals surface area contributed by atoms with Crippen molar-refractivity contribution in [1.29, 1.82) is 0 Å². The van der Waals surface area contributed by atoms with Crippen molar-refractivity contribution in [3.8, 4) is 0 Å². The second-order valence-corrected chi connectivity index (χ2v) is 12.4. The lowest BCUT2D eigenvalue weighted by atomic mass is 9.61. The Morgan fingerprint density at radius 2 is 1.94 bits per heavy atom. The monoisotopic (exact) mass is 442 g/mol. The first-order valence-corrected chi connectivity index (χ1v) is 13.0. The van der Waals surface area contributed by atoms with Gasteiger partial charge in [0.2, 0.25) is 0 Å². The van der Waals surface area contributed by atoms with E-state index in [1.54, 1.807) is 5.57 Å². The molecule has 0 bridgehead atoms. The van der Waals surface area contributed by atoms with Crippen molar-refractivity contribution >= 4 is 0 Å². The van der Waals surface area contributed by atoms with Crippen LogP contribution in [0.25, 0.3) is 0 Å². The van der Waals surface area contributed by atoms with Gasteiger partial charge >= 0.3 is 0 Å². The van der Waals surface area contributed by atoms with Gasteiger partial charge in [0.15, 0.2) is 0 Å². The fourth-order valence-electron chi connectivity index (χ4n) is 7.77. The third kappa shape index (κ3) is 3.87. The van der Waals surface area contributed by atoms with Gasteiger partial charge in [-0.3, -0.25) is 0 Å². The number of aliphatic hydroxyl groups is 2. The summed E-state index contributed by atoms with van der Waals surface area (Å²) in [6, 6.07) is 0. The molecule has 32 heavy (non-hydrogen) atoms. The molecule has 0 heterocycles. The molecule has 0 spiro atoms. The van der Waals surface area contributed by atoms with Gasteiger partial charge in [-0.25, -0.2) is 0 Å². The summed E-state index contributed by atoms with van der Waals surface area (Å²) in [7, 11) is 1.83. The molecule has 180 valence electrons. The van der Waals surface area contributed by atoms with Crippen LogP contribution in [0.1, 0.15) is 79.6 Å². The van der Waals surface area contributed by atoms with Gasteiger partial charge in [-0.05, 0) is 93.5 Å². The van der Waals surface area contributed by atoms with E-state index in [0.717, 1.165) is 18.4 Å². The Labute approximate surface area is 196 Å². The molecule has 0 aromatic rings. The number of methoxy groups -OCH3 is 1. The van der Waals surface area contributed by atoms with Gasteiger partial charge in [0.25, 0.3) is 0 Å². The fraction of sp³-hybridized carbons (Fsp3) is 0.793. The van der Waals surface area contributed by atoms with Crippen molar-refractivity contribution in [3.05, 3.63) is 36.0 Å². The van der Waals surface area contributed by atoms with Gasteiger partial charge in [-0.15, -0.1) is 0 Å². The molecule has 4 aliphatic carbocycles. The molecule has 6 unspecified atom stereocenters. The minimum Gasteiger partial charge on any atom is -0.390 e. The largest absolute Gasteiger partial charge is 0.390 e. The molecule has 0 saturated heterocycles. The number of ether oxygens (including phenoxy) is 1. The highest BCUT2D eigenvalue weighted by molar-refractivity contribution is 5.38. The molecule has 4 rings (SSSR count). The Balaban J connectivity index is 1.53. The lowest BCUT2D eigenvalue weighted by Gasteiger charge is -2.44. The Kier molecular flexibility index (Phi) is 6.36. The number of hydrogen-bond acceptors (Lipinski definition) is 3. The normalized spacial score (nSPS) is 43.4. The van der Waals surface area contributed by atoms with E-state index < -0.39 is 5.60 Å². The van der Waals surface area contributed by atoms with Crippen molar-refractivity contribution in [2.24, 2.45) is 40.4 Å². The second-order valence-electron chi connectivity index (χ2n) is 12.4. The summed E-state index contributed by atoms with van der Waals surface area (Å²) >= 11 is 0. The smallest absolute Gasteiger partial charge is 0.0851 e. The molecule has 9 atom stereocenters. The summed E-state index contributed by atoms with van der Waals surface area (Å²) in [5.41, 5.74) is 2.25. The third-order valence-corrected chi connectivity index (χ3v) is 10.3. The quantitative estimate of drug-likeness (QED) is 0.470. The summed E-state index contributed by atoms with van der Waals surface area (Å²) in [4.78, 5) is 0. The topological polar surface area (TPSA) is 49.7 Å². The van der Waals surface area contributed by atoms with E-state index >= 15 is 0 Å². The van der Waals surface area contributed by atoms with Crippen molar-refractivity contribution in [1.82, 2.24) is 0 Å². The van der Waals surface area contributed by atoms with Crippen molar-refractivity contribution in [3.63, 3.8) is 0 Å². The molecule has 4 fully saturated rings. The van der Waals surface area contributed by atoms with Crippen LogP contribution >= 0.6 is 0 Å². The van der Waals surface area contributed by atoms with Crippen molar-refractivity contribution in [2.75, 3.05) is 7.11 Å². The molecule has 0 aliphatic heterocycles. The first-order chi connectivity index (χ1) is 14.9. The number of allylic oxidation sites excluding steroid dienone is 2. The number of hydrogen-bond donors (Lipinski definition) is 2. The predicted octanol–water partition coefficient (Wildman–Crippen LogP) is 6.07. The Morgan fingerprint density at radius 3 is 2.53 bits per heavy atom. The molecular formula is C29H46O3. The van der Waals surface area contributed by atoms with Crippen LogP contribution in [0.3, 0.4) is 0 Å². The lowest BCUT2D eigenvalue weighted by Crippen LogP contribution is -2.36. The van der Waals surface area contributed by atoms with E-state index in [-0.39, 0.29) is 23.5 Å². The zero-order valence-corrected chi connectivity index (χ0v) is 21.2. The van der Waals surface area contributed by atoms with Crippen LogP contribution in [-0.2, 0) is 4.74 Å². The van der Waals surface area contributed by atoms with Crippen LogP contribution in [0.2, 0.25) is 0 Å². The maximum absolute atomic E-state index is 10.3. The van der Waals surface area contributed by atoms with Gasteiger partial charge in [-0.1, -0.05) is 51.2 Å².